The summed E-state index contributed by atoms with van der Waals surface area (Å²) in [5.41, 5.74) is 0.692. The summed E-state index contributed by atoms with van der Waals surface area (Å²) in [6, 6.07) is 3.54. The lowest BCUT2D eigenvalue weighted by Gasteiger charge is -2.36. The Morgan fingerprint density at radius 2 is 2.10 bits per heavy atom. The van der Waals surface area contributed by atoms with Crippen LogP contribution in [-0.4, -0.2) is 40.9 Å². The molecule has 6 nitrogen and oxygen atoms in total. The number of hydrogen-bond donors (Lipinski definition) is 1. The number of amides is 2. The first-order valence-corrected chi connectivity index (χ1v) is 6.45. The molecule has 1 N–H and O–H groups in total. The van der Waals surface area contributed by atoms with E-state index in [-0.39, 0.29) is 24.9 Å². The number of imide groups is 1. The molecular weight excluding hydrogens is 258 g/mol. The highest BCUT2D eigenvalue weighted by Gasteiger charge is 2.39. The van der Waals surface area contributed by atoms with Crippen molar-refractivity contribution in [3.63, 3.8) is 0 Å². The van der Waals surface area contributed by atoms with Gasteiger partial charge >= 0.3 is 0 Å². The van der Waals surface area contributed by atoms with Crippen molar-refractivity contribution in [3.8, 4) is 5.75 Å². The van der Waals surface area contributed by atoms with Crippen LogP contribution in [0, 0.1) is 6.92 Å². The maximum atomic E-state index is 12.3. The number of carbonyl (C=O) groups excluding carboxylic acids is 2. The Morgan fingerprint density at radius 3 is 2.75 bits per heavy atom. The van der Waals surface area contributed by atoms with Gasteiger partial charge in [0.25, 0.3) is 0 Å². The van der Waals surface area contributed by atoms with Crippen molar-refractivity contribution in [2.45, 2.75) is 32.9 Å². The van der Waals surface area contributed by atoms with Crippen LogP contribution in [0.3, 0.4) is 0 Å². The molecule has 6 heteroatoms. The highest BCUT2D eigenvalue weighted by atomic mass is 16.5. The quantitative estimate of drug-likeness (QED) is 0.821. The molecule has 2 heterocycles. The molecule has 0 aromatic carbocycles. The molecule has 0 atom stereocenters. The van der Waals surface area contributed by atoms with Gasteiger partial charge in [0.05, 0.1) is 31.4 Å². The summed E-state index contributed by atoms with van der Waals surface area (Å²) < 4.78 is 5.18. The van der Waals surface area contributed by atoms with E-state index in [0.29, 0.717) is 11.4 Å². The molecule has 1 saturated heterocycles. The second kappa shape index (κ2) is 5.20. The molecule has 2 rings (SSSR count). The molecule has 0 bridgehead atoms. The molecular formula is C14H19N3O3. The van der Waals surface area contributed by atoms with Crippen LogP contribution in [0.2, 0.25) is 0 Å². The van der Waals surface area contributed by atoms with Gasteiger partial charge in [0, 0.05) is 17.8 Å². The monoisotopic (exact) mass is 277 g/mol. The Kier molecular flexibility index (Phi) is 3.76. The first kappa shape index (κ1) is 14.5. The minimum Gasteiger partial charge on any atom is -0.497 e. The SMILES string of the molecule is COc1cc(C)nc(CN2C(=O)CNC(C)(C)C2=O)c1. The first-order valence-electron chi connectivity index (χ1n) is 6.45. The number of hydrogen-bond acceptors (Lipinski definition) is 5. The molecule has 0 aliphatic carbocycles. The second-order valence-corrected chi connectivity index (χ2v) is 5.40. The Balaban J connectivity index is 2.26. The number of aryl methyl sites for hydroxylation is 1. The van der Waals surface area contributed by atoms with Crippen LogP contribution < -0.4 is 10.1 Å². The van der Waals surface area contributed by atoms with Gasteiger partial charge in [-0.2, -0.15) is 0 Å². The van der Waals surface area contributed by atoms with Crippen molar-refractivity contribution in [1.29, 1.82) is 0 Å². The predicted molar refractivity (Wildman–Crippen MR) is 73.2 cm³/mol. The van der Waals surface area contributed by atoms with Crippen LogP contribution in [-0.2, 0) is 16.1 Å². The fourth-order valence-electron chi connectivity index (χ4n) is 2.14. The first-order chi connectivity index (χ1) is 9.33. The number of nitrogens with zero attached hydrogens (tertiary/aromatic N) is 2. The lowest BCUT2D eigenvalue weighted by molar-refractivity contribution is -0.153. The van der Waals surface area contributed by atoms with Gasteiger partial charge in [-0.25, -0.2) is 0 Å². The average molecular weight is 277 g/mol. The summed E-state index contributed by atoms with van der Waals surface area (Å²) in [7, 11) is 1.57. The van der Waals surface area contributed by atoms with E-state index in [1.54, 1.807) is 33.1 Å². The maximum absolute atomic E-state index is 12.3. The van der Waals surface area contributed by atoms with Crippen molar-refractivity contribution in [2.24, 2.45) is 0 Å². The van der Waals surface area contributed by atoms with Gasteiger partial charge in [-0.3, -0.25) is 24.8 Å². The van der Waals surface area contributed by atoms with Gasteiger partial charge in [-0.15, -0.1) is 0 Å². The average Bonchev–Trinajstić information content (AvgIpc) is 2.39. The fraction of sp³-hybridized carbons (Fsp3) is 0.500. The second-order valence-electron chi connectivity index (χ2n) is 5.40. The molecule has 20 heavy (non-hydrogen) atoms. The van der Waals surface area contributed by atoms with Gasteiger partial charge in [-0.1, -0.05) is 0 Å². The van der Waals surface area contributed by atoms with E-state index in [9.17, 15) is 9.59 Å². The molecule has 1 fully saturated rings. The number of carbonyl (C=O) groups is 2. The zero-order valence-corrected chi connectivity index (χ0v) is 12.2. The Labute approximate surface area is 118 Å². The zero-order valence-electron chi connectivity index (χ0n) is 12.2. The lowest BCUT2D eigenvalue weighted by atomic mass is 10.0. The third-order valence-corrected chi connectivity index (χ3v) is 3.30. The van der Waals surface area contributed by atoms with Crippen molar-refractivity contribution in [1.82, 2.24) is 15.2 Å². The lowest BCUT2D eigenvalue weighted by Crippen LogP contribution is -2.63. The van der Waals surface area contributed by atoms with E-state index >= 15 is 0 Å². The number of nitrogens with one attached hydrogen (secondary N) is 1. The summed E-state index contributed by atoms with van der Waals surface area (Å²) in [5, 5.41) is 2.92. The summed E-state index contributed by atoms with van der Waals surface area (Å²) in [6.45, 7) is 5.69. The van der Waals surface area contributed by atoms with E-state index < -0.39 is 5.54 Å². The summed E-state index contributed by atoms with van der Waals surface area (Å²) in [4.78, 5) is 29.8. The van der Waals surface area contributed by atoms with E-state index in [0.717, 1.165) is 5.69 Å². The molecule has 1 aromatic rings. The molecule has 108 valence electrons. The van der Waals surface area contributed by atoms with Crippen LogP contribution in [0.4, 0.5) is 0 Å². The molecule has 0 saturated carbocycles. The molecule has 1 aliphatic rings. The van der Waals surface area contributed by atoms with Crippen LogP contribution in [0.15, 0.2) is 12.1 Å². The topological polar surface area (TPSA) is 71.5 Å². The largest absolute Gasteiger partial charge is 0.497 e. The number of piperazine rings is 1. The van der Waals surface area contributed by atoms with E-state index in [1.807, 2.05) is 6.92 Å². The Morgan fingerprint density at radius 1 is 1.40 bits per heavy atom. The number of ether oxygens (including phenoxy) is 1. The zero-order chi connectivity index (χ0) is 14.9. The normalized spacial score (nSPS) is 18.3. The van der Waals surface area contributed by atoms with Crippen LogP contribution in [0.25, 0.3) is 0 Å². The smallest absolute Gasteiger partial charge is 0.249 e. The van der Waals surface area contributed by atoms with Gasteiger partial charge in [0.1, 0.15) is 5.75 Å². The molecule has 0 unspecified atom stereocenters. The third-order valence-electron chi connectivity index (χ3n) is 3.30. The molecule has 0 spiro atoms. The van der Waals surface area contributed by atoms with E-state index in [2.05, 4.69) is 10.3 Å². The highest BCUT2D eigenvalue weighted by molar-refractivity contribution is 6.02. The van der Waals surface area contributed by atoms with Crippen molar-refractivity contribution < 1.29 is 14.3 Å². The summed E-state index contributed by atoms with van der Waals surface area (Å²) in [5.74, 6) is 0.189. The number of aromatic nitrogens is 1. The van der Waals surface area contributed by atoms with Crippen LogP contribution in [0.1, 0.15) is 25.2 Å². The number of rotatable bonds is 3. The number of methoxy groups -OCH3 is 1. The standard InChI is InChI=1S/C14H19N3O3/c1-9-5-11(20-4)6-10(16-9)8-17-12(18)7-15-14(2,3)13(17)19/h5-6,15H,7-8H2,1-4H3. The highest BCUT2D eigenvalue weighted by Crippen LogP contribution is 2.19. The molecule has 0 radical (unpaired) electrons. The fourth-order valence-corrected chi connectivity index (χ4v) is 2.14. The summed E-state index contributed by atoms with van der Waals surface area (Å²) >= 11 is 0. The van der Waals surface area contributed by atoms with Gasteiger partial charge in [0.15, 0.2) is 0 Å². The molecule has 1 aromatic heterocycles. The Hall–Kier alpha value is -1.95. The minimum atomic E-state index is -0.734. The van der Waals surface area contributed by atoms with Gasteiger partial charge < -0.3 is 4.74 Å². The van der Waals surface area contributed by atoms with E-state index in [4.69, 9.17) is 4.74 Å². The van der Waals surface area contributed by atoms with Crippen molar-refractivity contribution >= 4 is 11.8 Å². The van der Waals surface area contributed by atoms with Crippen LogP contribution >= 0.6 is 0 Å². The third kappa shape index (κ3) is 2.80. The molecule has 1 aliphatic heterocycles. The number of pyridine rings is 1. The van der Waals surface area contributed by atoms with Gasteiger partial charge in [-0.05, 0) is 20.8 Å². The predicted octanol–water partition coefficient (Wildman–Crippen LogP) is 0.636. The van der Waals surface area contributed by atoms with Gasteiger partial charge in [0.2, 0.25) is 11.8 Å². The Bertz CT molecular complexity index is 555. The van der Waals surface area contributed by atoms with Crippen molar-refractivity contribution in [2.75, 3.05) is 13.7 Å². The van der Waals surface area contributed by atoms with Crippen molar-refractivity contribution in [3.05, 3.63) is 23.5 Å². The van der Waals surface area contributed by atoms with E-state index in [1.165, 1.54) is 4.90 Å². The minimum absolute atomic E-state index is 0.154. The summed E-state index contributed by atoms with van der Waals surface area (Å²) in [6.07, 6.45) is 0. The van der Waals surface area contributed by atoms with Crippen LogP contribution in [0.5, 0.6) is 5.75 Å². The molecule has 2 amide bonds. The maximum Gasteiger partial charge on any atom is 0.249 e.